The lowest BCUT2D eigenvalue weighted by Gasteiger charge is -2.23. The molecule has 1 atom stereocenters. The minimum atomic E-state index is 0.152. The number of nitrogens with zero attached hydrogens (tertiary/aromatic N) is 1. The third-order valence-electron chi connectivity index (χ3n) is 4.00. The third kappa shape index (κ3) is 2.14. The molecule has 3 heteroatoms. The first-order valence-electron chi connectivity index (χ1n) is 7.15. The van der Waals surface area contributed by atoms with Crippen LogP contribution < -0.4 is 4.90 Å². The molecule has 2 aromatic carbocycles. The molecule has 0 aromatic heterocycles. The van der Waals surface area contributed by atoms with E-state index in [2.05, 4.69) is 41.1 Å². The van der Waals surface area contributed by atoms with Gasteiger partial charge in [-0.25, -0.2) is 0 Å². The van der Waals surface area contributed by atoms with Gasteiger partial charge in [-0.15, -0.1) is 0 Å². The van der Waals surface area contributed by atoms with Crippen molar-refractivity contribution in [1.82, 2.24) is 0 Å². The lowest BCUT2D eigenvalue weighted by atomic mass is 10.1. The molecule has 2 aromatic rings. The fourth-order valence-electron chi connectivity index (χ4n) is 3.04. The molecule has 0 radical (unpaired) electrons. The minimum absolute atomic E-state index is 0.152. The Morgan fingerprint density at radius 2 is 1.95 bits per heavy atom. The summed E-state index contributed by atoms with van der Waals surface area (Å²) in [7, 11) is 0. The van der Waals surface area contributed by atoms with Gasteiger partial charge < -0.3 is 4.90 Å². The predicted molar refractivity (Wildman–Crippen MR) is 87.8 cm³/mol. The predicted octanol–water partition coefficient (Wildman–Crippen LogP) is 4.61. The molecule has 0 saturated heterocycles. The van der Waals surface area contributed by atoms with Crippen LogP contribution in [0.15, 0.2) is 36.4 Å². The standard InChI is InChI=1S/C17H18BrNO/c1-2-5-12(10-18)11-19-15-9-4-7-13-6-3-8-14(16(13)15)17(19)20/h3-4,6-9,12H,2,5,10-11H2,1H3. The second-order valence-corrected chi connectivity index (χ2v) is 6.05. The molecule has 3 rings (SSSR count). The molecule has 0 spiro atoms. The SMILES string of the molecule is CCCC(CBr)CN1C(=O)c2cccc3cccc1c23. The highest BCUT2D eigenvalue weighted by Crippen LogP contribution is 2.37. The summed E-state index contributed by atoms with van der Waals surface area (Å²) in [4.78, 5) is 14.6. The van der Waals surface area contributed by atoms with Crippen molar-refractivity contribution in [2.24, 2.45) is 5.92 Å². The third-order valence-corrected chi connectivity index (χ3v) is 4.92. The van der Waals surface area contributed by atoms with Crippen molar-refractivity contribution < 1.29 is 4.79 Å². The number of benzene rings is 2. The van der Waals surface area contributed by atoms with Crippen molar-refractivity contribution in [1.29, 1.82) is 0 Å². The van der Waals surface area contributed by atoms with Crippen LogP contribution in [-0.4, -0.2) is 17.8 Å². The van der Waals surface area contributed by atoms with E-state index in [0.29, 0.717) is 5.92 Å². The van der Waals surface area contributed by atoms with E-state index in [4.69, 9.17) is 0 Å². The minimum Gasteiger partial charge on any atom is -0.307 e. The van der Waals surface area contributed by atoms with Gasteiger partial charge in [0, 0.05) is 22.8 Å². The molecule has 1 heterocycles. The zero-order chi connectivity index (χ0) is 14.1. The van der Waals surface area contributed by atoms with E-state index in [-0.39, 0.29) is 5.91 Å². The summed E-state index contributed by atoms with van der Waals surface area (Å²) in [5, 5.41) is 3.21. The lowest BCUT2D eigenvalue weighted by Crippen LogP contribution is -2.32. The first-order chi connectivity index (χ1) is 9.76. The number of rotatable bonds is 5. The number of carbonyl (C=O) groups is 1. The molecule has 20 heavy (non-hydrogen) atoms. The Hall–Kier alpha value is -1.35. The van der Waals surface area contributed by atoms with Crippen LogP contribution in [-0.2, 0) is 0 Å². The van der Waals surface area contributed by atoms with Gasteiger partial charge in [0.25, 0.3) is 5.91 Å². The van der Waals surface area contributed by atoms with Crippen molar-refractivity contribution in [2.75, 3.05) is 16.8 Å². The molecule has 0 aliphatic carbocycles. The van der Waals surface area contributed by atoms with Crippen molar-refractivity contribution in [3.63, 3.8) is 0 Å². The Bertz CT molecular complexity index is 647. The monoisotopic (exact) mass is 331 g/mol. The second-order valence-electron chi connectivity index (χ2n) is 5.41. The highest BCUT2D eigenvalue weighted by molar-refractivity contribution is 9.09. The number of halogens is 1. The average Bonchev–Trinajstić information content (AvgIpc) is 2.75. The summed E-state index contributed by atoms with van der Waals surface area (Å²) in [6.07, 6.45) is 2.29. The Morgan fingerprint density at radius 3 is 2.65 bits per heavy atom. The molecule has 1 aliphatic heterocycles. The topological polar surface area (TPSA) is 20.3 Å². The van der Waals surface area contributed by atoms with Crippen LogP contribution in [0.2, 0.25) is 0 Å². The van der Waals surface area contributed by atoms with Gasteiger partial charge in [0.2, 0.25) is 0 Å². The van der Waals surface area contributed by atoms with Crippen LogP contribution >= 0.6 is 15.9 Å². The van der Waals surface area contributed by atoms with E-state index in [1.54, 1.807) is 0 Å². The van der Waals surface area contributed by atoms with Crippen molar-refractivity contribution >= 4 is 38.3 Å². The summed E-state index contributed by atoms with van der Waals surface area (Å²) >= 11 is 3.58. The van der Waals surface area contributed by atoms with Crippen LogP contribution in [0, 0.1) is 5.92 Å². The van der Waals surface area contributed by atoms with Gasteiger partial charge in [-0.2, -0.15) is 0 Å². The molecule has 2 nitrogen and oxygen atoms in total. The summed E-state index contributed by atoms with van der Waals surface area (Å²) in [5.41, 5.74) is 1.92. The van der Waals surface area contributed by atoms with Gasteiger partial charge in [-0.3, -0.25) is 4.79 Å². The number of alkyl halides is 1. The second kappa shape index (κ2) is 5.57. The Labute approximate surface area is 127 Å². The Morgan fingerprint density at radius 1 is 1.20 bits per heavy atom. The van der Waals surface area contributed by atoms with E-state index in [1.807, 2.05) is 23.1 Å². The van der Waals surface area contributed by atoms with Crippen LogP contribution in [0.25, 0.3) is 10.8 Å². The maximum absolute atomic E-state index is 12.6. The number of amides is 1. The fourth-order valence-corrected chi connectivity index (χ4v) is 3.57. The maximum Gasteiger partial charge on any atom is 0.259 e. The number of hydrogen-bond acceptors (Lipinski definition) is 1. The largest absolute Gasteiger partial charge is 0.307 e. The van der Waals surface area contributed by atoms with Gasteiger partial charge in [-0.1, -0.05) is 53.5 Å². The van der Waals surface area contributed by atoms with Crippen LogP contribution in [0.3, 0.4) is 0 Å². The Balaban J connectivity index is 2.00. The van der Waals surface area contributed by atoms with Crippen LogP contribution in [0.5, 0.6) is 0 Å². The van der Waals surface area contributed by atoms with Crippen LogP contribution in [0.4, 0.5) is 5.69 Å². The summed E-state index contributed by atoms with van der Waals surface area (Å²) in [6.45, 7) is 2.99. The molecule has 0 bridgehead atoms. The van der Waals surface area contributed by atoms with Gasteiger partial charge >= 0.3 is 0 Å². The summed E-state index contributed by atoms with van der Waals surface area (Å²) in [6, 6.07) is 12.2. The molecule has 104 valence electrons. The summed E-state index contributed by atoms with van der Waals surface area (Å²) in [5.74, 6) is 0.660. The molecule has 1 amide bonds. The van der Waals surface area contributed by atoms with Crippen molar-refractivity contribution in [2.45, 2.75) is 19.8 Å². The normalized spacial score (nSPS) is 15.1. The molecule has 0 N–H and O–H groups in total. The smallest absolute Gasteiger partial charge is 0.259 e. The molecule has 1 aliphatic rings. The molecular weight excluding hydrogens is 314 g/mol. The van der Waals surface area contributed by atoms with E-state index >= 15 is 0 Å². The fraction of sp³-hybridized carbons (Fsp3) is 0.353. The molecule has 0 saturated carbocycles. The number of carbonyl (C=O) groups excluding carboxylic acids is 1. The highest BCUT2D eigenvalue weighted by Gasteiger charge is 2.30. The van der Waals surface area contributed by atoms with Gasteiger partial charge in [0.1, 0.15) is 0 Å². The quantitative estimate of drug-likeness (QED) is 0.732. The van der Waals surface area contributed by atoms with Gasteiger partial charge in [-0.05, 0) is 29.9 Å². The first kappa shape index (κ1) is 13.6. The lowest BCUT2D eigenvalue weighted by molar-refractivity contribution is 0.0989. The molecular formula is C17H18BrNO. The van der Waals surface area contributed by atoms with E-state index < -0.39 is 0 Å². The van der Waals surface area contributed by atoms with Crippen LogP contribution in [0.1, 0.15) is 30.1 Å². The summed E-state index contributed by atoms with van der Waals surface area (Å²) < 4.78 is 0. The van der Waals surface area contributed by atoms with Crippen molar-refractivity contribution in [3.8, 4) is 0 Å². The zero-order valence-corrected chi connectivity index (χ0v) is 13.2. The zero-order valence-electron chi connectivity index (χ0n) is 11.6. The Kier molecular flexibility index (Phi) is 3.79. The van der Waals surface area contributed by atoms with E-state index in [9.17, 15) is 4.79 Å². The highest BCUT2D eigenvalue weighted by atomic mass is 79.9. The maximum atomic E-state index is 12.6. The average molecular weight is 332 g/mol. The molecule has 0 fully saturated rings. The number of anilines is 1. The van der Waals surface area contributed by atoms with Gasteiger partial charge in [0.15, 0.2) is 0 Å². The molecule has 1 unspecified atom stereocenters. The van der Waals surface area contributed by atoms with Crippen molar-refractivity contribution in [3.05, 3.63) is 42.0 Å². The van der Waals surface area contributed by atoms with E-state index in [0.717, 1.165) is 46.7 Å². The first-order valence-corrected chi connectivity index (χ1v) is 8.28. The number of hydrogen-bond donors (Lipinski definition) is 0. The van der Waals surface area contributed by atoms with Gasteiger partial charge in [0.05, 0.1) is 5.69 Å². The van der Waals surface area contributed by atoms with E-state index in [1.165, 1.54) is 0 Å².